The van der Waals surface area contributed by atoms with Crippen molar-refractivity contribution in [2.45, 2.75) is 0 Å². The van der Waals surface area contributed by atoms with E-state index in [-0.39, 0.29) is 11.4 Å². The Balaban J connectivity index is 2.86. The Bertz CT molecular complexity index is 454. The van der Waals surface area contributed by atoms with E-state index in [0.717, 1.165) is 6.20 Å². The molecular weight excluding hydrogens is 222 g/mol. The highest BCUT2D eigenvalue weighted by Crippen LogP contribution is 2.07. The Morgan fingerprint density at radius 2 is 2.13 bits per heavy atom. The molecule has 1 heterocycles. The van der Waals surface area contributed by atoms with Crippen LogP contribution in [0, 0.1) is 0 Å². The maximum atomic E-state index is 11.0. The van der Waals surface area contributed by atoms with Crippen LogP contribution in [0.2, 0.25) is 0 Å². The van der Waals surface area contributed by atoms with Gasteiger partial charge in [-0.25, -0.2) is 14.5 Å². The zero-order valence-corrected chi connectivity index (χ0v) is 8.58. The number of anilines is 1. The highest BCUT2D eigenvalue weighted by molar-refractivity contribution is 7.90. The molecule has 1 rings (SSSR count). The quantitative estimate of drug-likeness (QED) is 0.656. The van der Waals surface area contributed by atoms with Crippen molar-refractivity contribution in [2.24, 2.45) is 0 Å². The molecule has 15 heavy (non-hydrogen) atoms. The first kappa shape index (κ1) is 11.4. The largest absolute Gasteiger partial charge is 0.477 e. The van der Waals surface area contributed by atoms with Crippen LogP contribution in [-0.2, 0) is 10.2 Å². The summed E-state index contributed by atoms with van der Waals surface area (Å²) in [5.74, 6) is -1.17. The van der Waals surface area contributed by atoms with Gasteiger partial charge < -0.3 is 5.11 Å². The molecule has 0 amide bonds. The highest BCUT2D eigenvalue weighted by atomic mass is 32.2. The van der Waals surface area contributed by atoms with Gasteiger partial charge in [0.25, 0.3) is 10.2 Å². The standard InChI is InChI=1S/C7H9N3O4S/c1-8-15(13,14)10-5-2-3-6(7(11)12)9-4-5/h2-4,8,10H,1H3,(H,11,12). The Kier molecular flexibility index (Phi) is 3.22. The van der Waals surface area contributed by atoms with Gasteiger partial charge in [0.2, 0.25) is 0 Å². The third-order valence-electron chi connectivity index (χ3n) is 1.50. The van der Waals surface area contributed by atoms with E-state index >= 15 is 0 Å². The van der Waals surface area contributed by atoms with Gasteiger partial charge in [0.05, 0.1) is 11.9 Å². The molecule has 0 unspecified atom stereocenters. The van der Waals surface area contributed by atoms with Gasteiger partial charge in [-0.15, -0.1) is 0 Å². The number of nitrogens with zero attached hydrogens (tertiary/aromatic N) is 1. The van der Waals surface area contributed by atoms with E-state index in [1.54, 1.807) is 0 Å². The highest BCUT2D eigenvalue weighted by Gasteiger charge is 2.08. The van der Waals surface area contributed by atoms with E-state index in [2.05, 4.69) is 9.71 Å². The van der Waals surface area contributed by atoms with Gasteiger partial charge in [-0.2, -0.15) is 8.42 Å². The fraction of sp³-hybridized carbons (Fsp3) is 0.143. The number of aromatic carboxylic acids is 1. The molecule has 0 fully saturated rings. The first-order chi connectivity index (χ1) is 6.94. The summed E-state index contributed by atoms with van der Waals surface area (Å²) in [4.78, 5) is 14.0. The zero-order chi connectivity index (χ0) is 11.5. The van der Waals surface area contributed by atoms with Crippen LogP contribution in [0.5, 0.6) is 0 Å². The Morgan fingerprint density at radius 1 is 1.47 bits per heavy atom. The van der Waals surface area contributed by atoms with Gasteiger partial charge in [-0.1, -0.05) is 0 Å². The summed E-state index contributed by atoms with van der Waals surface area (Å²) in [5.41, 5.74) is 0.0387. The number of carboxylic acid groups (broad SMARTS) is 1. The molecule has 0 aliphatic rings. The van der Waals surface area contributed by atoms with Crippen LogP contribution < -0.4 is 9.44 Å². The van der Waals surface area contributed by atoms with Crippen molar-refractivity contribution in [3.8, 4) is 0 Å². The fourth-order valence-electron chi connectivity index (χ4n) is 0.787. The third kappa shape index (κ3) is 3.18. The van der Waals surface area contributed by atoms with Gasteiger partial charge >= 0.3 is 5.97 Å². The molecule has 7 nitrogen and oxygen atoms in total. The molecule has 0 bridgehead atoms. The normalized spacial score (nSPS) is 11.0. The van der Waals surface area contributed by atoms with Crippen molar-refractivity contribution in [3.63, 3.8) is 0 Å². The minimum atomic E-state index is -3.59. The van der Waals surface area contributed by atoms with Crippen LogP contribution in [0.1, 0.15) is 10.5 Å². The van der Waals surface area contributed by atoms with Crippen molar-refractivity contribution >= 4 is 21.9 Å². The van der Waals surface area contributed by atoms with Gasteiger partial charge in [-0.3, -0.25) is 4.72 Å². The van der Waals surface area contributed by atoms with Crippen LogP contribution >= 0.6 is 0 Å². The molecule has 3 N–H and O–H groups in total. The number of pyridine rings is 1. The molecule has 0 radical (unpaired) electrons. The number of hydrogen-bond donors (Lipinski definition) is 3. The number of carboxylic acids is 1. The van der Waals surface area contributed by atoms with E-state index < -0.39 is 16.2 Å². The van der Waals surface area contributed by atoms with Gasteiger partial charge in [0.15, 0.2) is 0 Å². The smallest absolute Gasteiger partial charge is 0.354 e. The average Bonchev–Trinajstić information content (AvgIpc) is 2.18. The van der Waals surface area contributed by atoms with E-state index in [0.29, 0.717) is 0 Å². The number of hydrogen-bond acceptors (Lipinski definition) is 4. The first-order valence-corrected chi connectivity index (χ1v) is 5.33. The molecule has 82 valence electrons. The van der Waals surface area contributed by atoms with Crippen LogP contribution in [0.25, 0.3) is 0 Å². The van der Waals surface area contributed by atoms with Crippen molar-refractivity contribution in [3.05, 3.63) is 24.0 Å². The lowest BCUT2D eigenvalue weighted by molar-refractivity contribution is 0.0690. The summed E-state index contributed by atoms with van der Waals surface area (Å²) in [7, 11) is -2.34. The predicted molar refractivity (Wildman–Crippen MR) is 52.8 cm³/mol. The molecule has 1 aromatic rings. The van der Waals surface area contributed by atoms with Gasteiger partial charge in [-0.05, 0) is 12.1 Å². The van der Waals surface area contributed by atoms with Crippen molar-refractivity contribution in [2.75, 3.05) is 11.8 Å². The van der Waals surface area contributed by atoms with Crippen molar-refractivity contribution in [1.82, 2.24) is 9.71 Å². The Hall–Kier alpha value is -1.67. The second-order valence-corrected chi connectivity index (χ2v) is 4.17. The lowest BCUT2D eigenvalue weighted by atomic mass is 10.3. The van der Waals surface area contributed by atoms with Crippen LogP contribution in [0.4, 0.5) is 5.69 Å². The maximum Gasteiger partial charge on any atom is 0.354 e. The number of carbonyl (C=O) groups is 1. The lowest BCUT2D eigenvalue weighted by Crippen LogP contribution is -2.26. The molecule has 1 aromatic heterocycles. The van der Waals surface area contributed by atoms with Crippen LogP contribution in [0.3, 0.4) is 0 Å². The summed E-state index contributed by atoms with van der Waals surface area (Å²) in [6.45, 7) is 0. The van der Waals surface area contributed by atoms with Gasteiger partial charge in [0.1, 0.15) is 5.69 Å². The number of rotatable bonds is 4. The van der Waals surface area contributed by atoms with Crippen molar-refractivity contribution < 1.29 is 18.3 Å². The molecule has 0 spiro atoms. The monoisotopic (exact) mass is 231 g/mol. The second kappa shape index (κ2) is 4.24. The molecule has 0 aromatic carbocycles. The van der Waals surface area contributed by atoms with E-state index in [1.165, 1.54) is 19.2 Å². The Morgan fingerprint density at radius 3 is 2.53 bits per heavy atom. The Labute approximate surface area is 86.3 Å². The predicted octanol–water partition coefficient (Wildman–Crippen LogP) is -0.344. The topological polar surface area (TPSA) is 108 Å². The number of nitrogens with one attached hydrogen (secondary N) is 2. The van der Waals surface area contributed by atoms with Crippen LogP contribution in [0.15, 0.2) is 18.3 Å². The van der Waals surface area contributed by atoms with Gasteiger partial charge in [0, 0.05) is 7.05 Å². The summed E-state index contributed by atoms with van der Waals surface area (Å²) in [5, 5.41) is 8.54. The van der Waals surface area contributed by atoms with E-state index in [9.17, 15) is 13.2 Å². The van der Waals surface area contributed by atoms with E-state index in [4.69, 9.17) is 5.11 Å². The summed E-state index contributed by atoms with van der Waals surface area (Å²) < 4.78 is 26.2. The first-order valence-electron chi connectivity index (χ1n) is 3.85. The molecule has 8 heteroatoms. The fourth-order valence-corrected chi connectivity index (χ4v) is 1.32. The SMILES string of the molecule is CNS(=O)(=O)Nc1ccc(C(=O)O)nc1. The zero-order valence-electron chi connectivity index (χ0n) is 7.76. The average molecular weight is 231 g/mol. The van der Waals surface area contributed by atoms with E-state index in [1.807, 2.05) is 4.72 Å². The lowest BCUT2D eigenvalue weighted by Gasteiger charge is -2.05. The van der Waals surface area contributed by atoms with Crippen LogP contribution in [-0.4, -0.2) is 31.5 Å². The molecule has 0 atom stereocenters. The molecular formula is C7H9N3O4S. The minimum absolute atomic E-state index is 0.151. The summed E-state index contributed by atoms with van der Waals surface area (Å²) in [6.07, 6.45) is 1.12. The number of aromatic nitrogens is 1. The summed E-state index contributed by atoms with van der Waals surface area (Å²) in [6, 6.07) is 2.52. The summed E-state index contributed by atoms with van der Waals surface area (Å²) >= 11 is 0. The second-order valence-electron chi connectivity index (χ2n) is 2.55. The third-order valence-corrected chi connectivity index (χ3v) is 2.55. The molecule has 0 saturated carbocycles. The maximum absolute atomic E-state index is 11.0. The minimum Gasteiger partial charge on any atom is -0.477 e. The molecule has 0 saturated heterocycles. The molecule has 0 aliphatic heterocycles. The van der Waals surface area contributed by atoms with Crippen molar-refractivity contribution in [1.29, 1.82) is 0 Å². The molecule has 0 aliphatic carbocycles.